The Bertz CT molecular complexity index is 802. The lowest BCUT2D eigenvalue weighted by Crippen LogP contribution is -2.47. The molecule has 1 aliphatic rings. The first-order valence-electron chi connectivity index (χ1n) is 10.2. The zero-order chi connectivity index (χ0) is 19.2. The average Bonchev–Trinajstić information content (AvgIpc) is 3.18. The molecule has 5 nitrogen and oxygen atoms in total. The molecule has 0 radical (unpaired) electrons. The minimum absolute atomic E-state index is 0.295. The lowest BCUT2D eigenvalue weighted by atomic mass is 9.96. The summed E-state index contributed by atoms with van der Waals surface area (Å²) in [6, 6.07) is 21.9. The van der Waals surface area contributed by atoms with E-state index < -0.39 is 0 Å². The number of rotatable bonds is 7. The number of piperazine rings is 1. The van der Waals surface area contributed by atoms with Gasteiger partial charge >= 0.3 is 0 Å². The zero-order valence-corrected chi connectivity index (χ0v) is 16.5. The molecular weight excluding hydrogens is 348 g/mol. The molecule has 0 atom stereocenters. The van der Waals surface area contributed by atoms with E-state index in [-0.39, 0.29) is 0 Å². The molecule has 3 aromatic rings. The lowest BCUT2D eigenvalue weighted by Gasteiger charge is -2.39. The van der Waals surface area contributed by atoms with Crippen LogP contribution in [-0.4, -0.2) is 46.1 Å². The maximum absolute atomic E-state index is 5.42. The van der Waals surface area contributed by atoms with Crippen molar-refractivity contribution >= 4 is 0 Å². The summed E-state index contributed by atoms with van der Waals surface area (Å²) in [6.07, 6.45) is 1.92. The van der Waals surface area contributed by atoms with E-state index in [2.05, 4.69) is 87.5 Å². The van der Waals surface area contributed by atoms with E-state index in [1.807, 2.05) is 0 Å². The minimum Gasteiger partial charge on any atom is -0.338 e. The Morgan fingerprint density at radius 2 is 1.50 bits per heavy atom. The van der Waals surface area contributed by atoms with Crippen LogP contribution in [0.25, 0.3) is 0 Å². The highest BCUT2D eigenvalue weighted by molar-refractivity contribution is 5.31. The Hall–Kier alpha value is -2.50. The molecule has 0 unspecified atom stereocenters. The molecule has 2 heterocycles. The van der Waals surface area contributed by atoms with Gasteiger partial charge in [-0.25, -0.2) is 0 Å². The monoisotopic (exact) mass is 376 g/mol. The van der Waals surface area contributed by atoms with E-state index in [1.165, 1.54) is 11.1 Å². The fraction of sp³-hybridized carbons (Fsp3) is 0.391. The van der Waals surface area contributed by atoms with E-state index in [0.29, 0.717) is 6.04 Å². The summed E-state index contributed by atoms with van der Waals surface area (Å²) in [5.41, 5.74) is 2.70. The summed E-state index contributed by atoms with van der Waals surface area (Å²) in [6.45, 7) is 6.91. The third-order valence-electron chi connectivity index (χ3n) is 5.35. The Labute approximate surface area is 167 Å². The smallest absolute Gasteiger partial charge is 0.240 e. The third-order valence-corrected chi connectivity index (χ3v) is 5.35. The maximum atomic E-state index is 5.42. The van der Waals surface area contributed by atoms with Crippen LogP contribution in [0.15, 0.2) is 65.2 Å². The van der Waals surface area contributed by atoms with Crippen molar-refractivity contribution in [3.05, 3.63) is 83.5 Å². The predicted octanol–water partition coefficient (Wildman–Crippen LogP) is 3.93. The van der Waals surface area contributed by atoms with Gasteiger partial charge < -0.3 is 4.52 Å². The summed E-state index contributed by atoms with van der Waals surface area (Å²) < 4.78 is 5.42. The second-order valence-corrected chi connectivity index (χ2v) is 7.39. The minimum atomic E-state index is 0.295. The molecule has 1 aliphatic heterocycles. The van der Waals surface area contributed by atoms with Gasteiger partial charge in [-0.2, -0.15) is 4.98 Å². The van der Waals surface area contributed by atoms with Crippen LogP contribution in [-0.2, 0) is 13.0 Å². The Kier molecular flexibility index (Phi) is 6.14. The van der Waals surface area contributed by atoms with Crippen molar-refractivity contribution in [3.63, 3.8) is 0 Å². The highest BCUT2D eigenvalue weighted by atomic mass is 16.5. The molecule has 0 bridgehead atoms. The molecule has 1 fully saturated rings. The van der Waals surface area contributed by atoms with Crippen LogP contribution in [0.4, 0.5) is 0 Å². The predicted molar refractivity (Wildman–Crippen MR) is 110 cm³/mol. The first-order valence-corrected chi connectivity index (χ1v) is 10.2. The van der Waals surface area contributed by atoms with Gasteiger partial charge in [-0.3, -0.25) is 9.80 Å². The standard InChI is InChI=1S/C23H28N4O/c1-2-9-21-24-22(28-25-21)18-26-14-16-27(17-15-26)23(19-10-5-3-6-11-19)20-12-7-4-8-13-20/h3-8,10-13,23H,2,9,14-18H2,1H3. The molecule has 4 rings (SSSR count). The van der Waals surface area contributed by atoms with E-state index in [4.69, 9.17) is 4.52 Å². The van der Waals surface area contributed by atoms with Crippen molar-refractivity contribution in [3.8, 4) is 0 Å². The molecular formula is C23H28N4O. The summed E-state index contributed by atoms with van der Waals surface area (Å²) in [4.78, 5) is 9.50. The molecule has 0 spiro atoms. The van der Waals surface area contributed by atoms with Gasteiger partial charge in [-0.1, -0.05) is 72.7 Å². The van der Waals surface area contributed by atoms with Crippen LogP contribution < -0.4 is 0 Å². The molecule has 28 heavy (non-hydrogen) atoms. The van der Waals surface area contributed by atoms with Gasteiger partial charge in [0.25, 0.3) is 0 Å². The SMILES string of the molecule is CCCc1noc(CN2CCN(C(c3ccccc3)c3ccccc3)CC2)n1. The van der Waals surface area contributed by atoms with Crippen molar-refractivity contribution < 1.29 is 4.52 Å². The summed E-state index contributed by atoms with van der Waals surface area (Å²) >= 11 is 0. The first-order chi connectivity index (χ1) is 13.8. The van der Waals surface area contributed by atoms with Crippen LogP contribution in [0, 0.1) is 0 Å². The van der Waals surface area contributed by atoms with Gasteiger partial charge in [0.1, 0.15) is 0 Å². The Morgan fingerprint density at radius 1 is 0.893 bits per heavy atom. The van der Waals surface area contributed by atoms with Crippen molar-refractivity contribution in [2.24, 2.45) is 0 Å². The summed E-state index contributed by atoms with van der Waals surface area (Å²) in [5.74, 6) is 1.56. The molecule has 0 saturated carbocycles. The zero-order valence-electron chi connectivity index (χ0n) is 16.5. The fourth-order valence-corrected chi connectivity index (χ4v) is 3.94. The molecule has 0 amide bonds. The number of aromatic nitrogens is 2. The van der Waals surface area contributed by atoms with Crippen molar-refractivity contribution in [1.82, 2.24) is 19.9 Å². The van der Waals surface area contributed by atoms with E-state index in [9.17, 15) is 0 Å². The number of nitrogens with zero attached hydrogens (tertiary/aromatic N) is 4. The van der Waals surface area contributed by atoms with Gasteiger partial charge in [0.15, 0.2) is 5.82 Å². The number of hydrogen-bond acceptors (Lipinski definition) is 5. The topological polar surface area (TPSA) is 45.4 Å². The van der Waals surface area contributed by atoms with E-state index in [1.54, 1.807) is 0 Å². The number of hydrogen-bond donors (Lipinski definition) is 0. The summed E-state index contributed by atoms with van der Waals surface area (Å²) in [7, 11) is 0. The van der Waals surface area contributed by atoms with Gasteiger partial charge in [-0.15, -0.1) is 0 Å². The Morgan fingerprint density at radius 3 is 2.07 bits per heavy atom. The van der Waals surface area contributed by atoms with E-state index in [0.717, 1.165) is 57.3 Å². The maximum Gasteiger partial charge on any atom is 0.240 e. The number of aryl methyl sites for hydroxylation is 1. The molecule has 5 heteroatoms. The lowest BCUT2D eigenvalue weighted by molar-refractivity contribution is 0.0966. The summed E-state index contributed by atoms with van der Waals surface area (Å²) in [5, 5.41) is 4.07. The van der Waals surface area contributed by atoms with Gasteiger partial charge in [0, 0.05) is 32.6 Å². The van der Waals surface area contributed by atoms with Crippen LogP contribution in [0.1, 0.15) is 42.2 Å². The third kappa shape index (κ3) is 4.49. The van der Waals surface area contributed by atoms with Crippen LogP contribution in [0.3, 0.4) is 0 Å². The molecule has 0 aliphatic carbocycles. The van der Waals surface area contributed by atoms with Crippen LogP contribution in [0.5, 0.6) is 0 Å². The molecule has 2 aromatic carbocycles. The van der Waals surface area contributed by atoms with Crippen LogP contribution in [0.2, 0.25) is 0 Å². The van der Waals surface area contributed by atoms with Gasteiger partial charge in [0.2, 0.25) is 5.89 Å². The molecule has 0 N–H and O–H groups in total. The van der Waals surface area contributed by atoms with Crippen molar-refractivity contribution in [1.29, 1.82) is 0 Å². The highest BCUT2D eigenvalue weighted by Gasteiger charge is 2.27. The molecule has 1 saturated heterocycles. The quantitative estimate of drug-likeness (QED) is 0.625. The second-order valence-electron chi connectivity index (χ2n) is 7.39. The fourth-order valence-electron chi connectivity index (χ4n) is 3.94. The average molecular weight is 377 g/mol. The van der Waals surface area contributed by atoms with Gasteiger partial charge in [0.05, 0.1) is 12.6 Å². The molecule has 1 aromatic heterocycles. The molecule has 146 valence electrons. The highest BCUT2D eigenvalue weighted by Crippen LogP contribution is 2.29. The largest absolute Gasteiger partial charge is 0.338 e. The van der Waals surface area contributed by atoms with Gasteiger partial charge in [-0.05, 0) is 17.5 Å². The normalized spacial score (nSPS) is 15.9. The van der Waals surface area contributed by atoms with Crippen molar-refractivity contribution in [2.45, 2.75) is 32.4 Å². The van der Waals surface area contributed by atoms with E-state index >= 15 is 0 Å². The number of benzene rings is 2. The second kappa shape index (κ2) is 9.13. The van der Waals surface area contributed by atoms with Crippen molar-refractivity contribution in [2.75, 3.05) is 26.2 Å². The Balaban J connectivity index is 1.43. The van der Waals surface area contributed by atoms with Crippen LogP contribution >= 0.6 is 0 Å². The first kappa shape index (κ1) is 18.8.